The zero-order valence-electron chi connectivity index (χ0n) is 18.7. The summed E-state index contributed by atoms with van der Waals surface area (Å²) in [7, 11) is 1.58. The number of amides is 1. The van der Waals surface area contributed by atoms with E-state index in [4.69, 9.17) is 19.0 Å². The molecule has 0 radical (unpaired) electrons. The van der Waals surface area contributed by atoms with Crippen LogP contribution in [0.4, 0.5) is 0 Å². The summed E-state index contributed by atoms with van der Waals surface area (Å²) >= 11 is 0. The first-order valence-electron chi connectivity index (χ1n) is 11.0. The zero-order valence-corrected chi connectivity index (χ0v) is 18.7. The number of aliphatic hydroxyl groups is 1. The van der Waals surface area contributed by atoms with Gasteiger partial charge in [0.2, 0.25) is 0 Å². The van der Waals surface area contributed by atoms with E-state index in [0.717, 1.165) is 50.0 Å². The van der Waals surface area contributed by atoms with Crippen LogP contribution in [-0.4, -0.2) is 64.1 Å². The minimum absolute atomic E-state index is 0.00303. The highest BCUT2D eigenvalue weighted by atomic mass is 16.5. The molecule has 0 bridgehead atoms. The van der Waals surface area contributed by atoms with Crippen LogP contribution in [-0.2, 0) is 37.4 Å². The molecule has 0 saturated carbocycles. The Balaban J connectivity index is 1.30. The van der Waals surface area contributed by atoms with Gasteiger partial charge in [-0.15, -0.1) is 10.2 Å². The van der Waals surface area contributed by atoms with Gasteiger partial charge in [0.05, 0.1) is 13.2 Å². The van der Waals surface area contributed by atoms with Gasteiger partial charge in [-0.3, -0.25) is 9.69 Å². The minimum atomic E-state index is -0.295. The van der Waals surface area contributed by atoms with Crippen LogP contribution in [0.1, 0.15) is 33.5 Å². The number of hydrogen-bond donors (Lipinski definition) is 2. The van der Waals surface area contributed by atoms with E-state index in [-0.39, 0.29) is 24.8 Å². The fourth-order valence-corrected chi connectivity index (χ4v) is 3.79. The Morgan fingerprint density at radius 2 is 2.00 bits per heavy atom. The van der Waals surface area contributed by atoms with Crippen LogP contribution >= 0.6 is 0 Å². The van der Waals surface area contributed by atoms with Crippen molar-refractivity contribution in [3.05, 3.63) is 65.1 Å². The second kappa shape index (κ2) is 11.1. The van der Waals surface area contributed by atoms with E-state index in [1.807, 2.05) is 24.3 Å². The molecule has 3 heterocycles. The lowest BCUT2D eigenvalue weighted by molar-refractivity contribution is 0.0913. The van der Waals surface area contributed by atoms with Crippen molar-refractivity contribution in [1.29, 1.82) is 0 Å². The number of nitrogens with zero attached hydrogens (tertiary/aromatic N) is 4. The van der Waals surface area contributed by atoms with Crippen molar-refractivity contribution >= 4 is 5.91 Å². The fourth-order valence-electron chi connectivity index (χ4n) is 3.79. The van der Waals surface area contributed by atoms with Gasteiger partial charge in [0.15, 0.2) is 11.6 Å². The van der Waals surface area contributed by atoms with Crippen molar-refractivity contribution < 1.29 is 23.8 Å². The molecule has 0 saturated heterocycles. The molecule has 10 nitrogen and oxygen atoms in total. The van der Waals surface area contributed by atoms with Gasteiger partial charge >= 0.3 is 0 Å². The van der Waals surface area contributed by atoms with Gasteiger partial charge in [-0.05, 0) is 29.8 Å². The highest BCUT2D eigenvalue weighted by molar-refractivity contribution is 5.91. The summed E-state index contributed by atoms with van der Waals surface area (Å²) in [6, 6.07) is 11.3. The molecule has 1 aliphatic heterocycles. The quantitative estimate of drug-likeness (QED) is 0.471. The van der Waals surface area contributed by atoms with Gasteiger partial charge in [0.25, 0.3) is 5.91 Å². The van der Waals surface area contributed by atoms with E-state index in [2.05, 4.69) is 25.0 Å². The summed E-state index contributed by atoms with van der Waals surface area (Å²) in [4.78, 5) is 14.8. The van der Waals surface area contributed by atoms with Crippen molar-refractivity contribution in [2.24, 2.45) is 0 Å². The second-order valence-electron chi connectivity index (χ2n) is 7.81. The average molecular weight is 456 g/mol. The first-order valence-corrected chi connectivity index (χ1v) is 11.0. The molecule has 0 aliphatic carbocycles. The Morgan fingerprint density at radius 1 is 1.15 bits per heavy atom. The van der Waals surface area contributed by atoms with E-state index in [1.54, 1.807) is 19.2 Å². The number of carbonyl (C=O) groups excluding carboxylic acids is 1. The van der Waals surface area contributed by atoms with E-state index in [1.165, 1.54) is 5.56 Å². The number of aromatic nitrogens is 3. The summed E-state index contributed by atoms with van der Waals surface area (Å²) in [6.45, 7) is 4.21. The maximum Gasteiger partial charge on any atom is 0.287 e. The standard InChI is InChI=1S/C23H29N5O5/c1-31-16-19-6-7-20(33-19)23(30)24-14-22-26-25-21-8-9-27(10-11-28(21)22)15-17-2-4-18(5-3-17)32-13-12-29/h2-7,29H,8-16H2,1H3,(H,24,30). The van der Waals surface area contributed by atoms with Gasteiger partial charge in [-0.25, -0.2) is 0 Å². The molecule has 0 spiro atoms. The molecule has 4 rings (SSSR count). The molecule has 0 fully saturated rings. The predicted octanol–water partition coefficient (Wildman–Crippen LogP) is 1.38. The smallest absolute Gasteiger partial charge is 0.287 e. The van der Waals surface area contributed by atoms with Gasteiger partial charge < -0.3 is 28.9 Å². The number of benzene rings is 1. The van der Waals surface area contributed by atoms with Crippen LogP contribution in [0.3, 0.4) is 0 Å². The maximum atomic E-state index is 12.4. The van der Waals surface area contributed by atoms with Crippen LogP contribution < -0.4 is 10.1 Å². The molecule has 2 N–H and O–H groups in total. The molecule has 3 aromatic rings. The van der Waals surface area contributed by atoms with Crippen LogP contribution in [0, 0.1) is 0 Å². The highest BCUT2D eigenvalue weighted by Gasteiger charge is 2.20. The van der Waals surface area contributed by atoms with Crippen LogP contribution in [0.5, 0.6) is 5.75 Å². The lowest BCUT2D eigenvalue weighted by Gasteiger charge is -2.20. The van der Waals surface area contributed by atoms with Crippen molar-refractivity contribution in [3.8, 4) is 5.75 Å². The normalized spacial score (nSPS) is 14.0. The molecule has 33 heavy (non-hydrogen) atoms. The molecule has 0 unspecified atom stereocenters. The first kappa shape index (κ1) is 23.0. The largest absolute Gasteiger partial charge is 0.491 e. The fraction of sp³-hybridized carbons (Fsp3) is 0.435. The van der Waals surface area contributed by atoms with Crippen molar-refractivity contribution in [2.45, 2.75) is 32.7 Å². The van der Waals surface area contributed by atoms with Gasteiger partial charge in [0, 0.05) is 39.7 Å². The number of hydrogen-bond acceptors (Lipinski definition) is 8. The molecular formula is C23H29N5O5. The molecule has 2 aromatic heterocycles. The number of fused-ring (bicyclic) bond motifs is 1. The summed E-state index contributed by atoms with van der Waals surface area (Å²) in [5.74, 6) is 2.97. The van der Waals surface area contributed by atoms with Crippen LogP contribution in [0.15, 0.2) is 40.8 Å². The summed E-state index contributed by atoms with van der Waals surface area (Å²) in [5, 5.41) is 20.3. The number of furan rings is 1. The molecule has 1 amide bonds. The van der Waals surface area contributed by atoms with E-state index in [9.17, 15) is 4.79 Å². The number of nitrogens with one attached hydrogen (secondary N) is 1. The highest BCUT2D eigenvalue weighted by Crippen LogP contribution is 2.16. The third-order valence-electron chi connectivity index (χ3n) is 5.46. The number of methoxy groups -OCH3 is 1. The molecule has 10 heteroatoms. The van der Waals surface area contributed by atoms with Crippen molar-refractivity contribution in [1.82, 2.24) is 25.0 Å². The minimum Gasteiger partial charge on any atom is -0.491 e. The van der Waals surface area contributed by atoms with E-state index in [0.29, 0.717) is 19.0 Å². The van der Waals surface area contributed by atoms with E-state index >= 15 is 0 Å². The van der Waals surface area contributed by atoms with Crippen LogP contribution in [0.25, 0.3) is 0 Å². The van der Waals surface area contributed by atoms with Gasteiger partial charge in [0.1, 0.15) is 30.5 Å². The number of carbonyl (C=O) groups is 1. The zero-order chi connectivity index (χ0) is 23.0. The Bertz CT molecular complexity index is 1050. The Kier molecular flexibility index (Phi) is 7.71. The lowest BCUT2D eigenvalue weighted by Crippen LogP contribution is -2.28. The molecule has 176 valence electrons. The third-order valence-corrected chi connectivity index (χ3v) is 5.46. The monoisotopic (exact) mass is 455 g/mol. The number of ether oxygens (including phenoxy) is 2. The summed E-state index contributed by atoms with van der Waals surface area (Å²) < 4.78 is 18.0. The second-order valence-corrected chi connectivity index (χ2v) is 7.81. The van der Waals surface area contributed by atoms with Crippen molar-refractivity contribution in [2.75, 3.05) is 33.4 Å². The molecule has 1 aromatic carbocycles. The SMILES string of the molecule is COCc1ccc(C(=O)NCc2nnc3n2CCN(Cc2ccc(OCCO)cc2)CC3)o1. The third kappa shape index (κ3) is 5.98. The average Bonchev–Trinajstić information content (AvgIpc) is 3.41. The Hall–Kier alpha value is -3.21. The Morgan fingerprint density at radius 3 is 2.79 bits per heavy atom. The van der Waals surface area contributed by atoms with Gasteiger partial charge in [-0.1, -0.05) is 12.1 Å². The summed E-state index contributed by atoms with van der Waals surface area (Å²) in [6.07, 6.45) is 0.789. The van der Waals surface area contributed by atoms with Gasteiger partial charge in [-0.2, -0.15) is 0 Å². The summed E-state index contributed by atoms with van der Waals surface area (Å²) in [5.41, 5.74) is 1.20. The Labute approximate surface area is 192 Å². The maximum absolute atomic E-state index is 12.4. The topological polar surface area (TPSA) is 115 Å². The molecule has 1 aliphatic rings. The van der Waals surface area contributed by atoms with Crippen LogP contribution in [0.2, 0.25) is 0 Å². The lowest BCUT2D eigenvalue weighted by atomic mass is 10.2. The predicted molar refractivity (Wildman–Crippen MR) is 119 cm³/mol. The number of aliphatic hydroxyl groups excluding tert-OH is 1. The van der Waals surface area contributed by atoms with E-state index < -0.39 is 0 Å². The molecular weight excluding hydrogens is 426 g/mol. The first-order chi connectivity index (χ1) is 16.2. The number of rotatable bonds is 10. The molecule has 0 atom stereocenters. The van der Waals surface area contributed by atoms with Crippen molar-refractivity contribution in [3.63, 3.8) is 0 Å².